The van der Waals surface area contributed by atoms with Gasteiger partial charge in [0.2, 0.25) is 0 Å². The van der Waals surface area contributed by atoms with Crippen LogP contribution < -0.4 is 5.32 Å². The smallest absolute Gasteiger partial charge is 0.251 e. The van der Waals surface area contributed by atoms with Crippen LogP contribution in [-0.4, -0.2) is 22.2 Å². The number of aromatic nitrogens is 2. The van der Waals surface area contributed by atoms with E-state index in [-0.39, 0.29) is 5.91 Å². The zero-order chi connectivity index (χ0) is 12.8. The number of hydrogen-bond acceptors (Lipinski definition) is 3. The SMILES string of the molecule is O=C(NCCCn1cccn1)c1cccc(S)c1. The summed E-state index contributed by atoms with van der Waals surface area (Å²) in [5.41, 5.74) is 0.640. The summed E-state index contributed by atoms with van der Waals surface area (Å²) in [5.74, 6) is -0.0636. The highest BCUT2D eigenvalue weighted by molar-refractivity contribution is 7.80. The lowest BCUT2D eigenvalue weighted by Gasteiger charge is -2.05. The van der Waals surface area contributed by atoms with Crippen molar-refractivity contribution in [2.75, 3.05) is 6.54 Å². The Kier molecular flexibility index (Phi) is 4.41. The van der Waals surface area contributed by atoms with Crippen LogP contribution in [0.15, 0.2) is 47.6 Å². The summed E-state index contributed by atoms with van der Waals surface area (Å²) >= 11 is 4.21. The van der Waals surface area contributed by atoms with Crippen molar-refractivity contribution in [2.24, 2.45) is 0 Å². The van der Waals surface area contributed by atoms with Gasteiger partial charge in [-0.05, 0) is 30.7 Å². The monoisotopic (exact) mass is 261 g/mol. The van der Waals surface area contributed by atoms with E-state index < -0.39 is 0 Å². The van der Waals surface area contributed by atoms with Gasteiger partial charge in [-0.1, -0.05) is 6.07 Å². The van der Waals surface area contributed by atoms with Crippen molar-refractivity contribution in [3.8, 4) is 0 Å². The van der Waals surface area contributed by atoms with E-state index in [0.29, 0.717) is 12.1 Å². The maximum Gasteiger partial charge on any atom is 0.251 e. The Balaban J connectivity index is 1.75. The number of thiol groups is 1. The molecule has 0 radical (unpaired) electrons. The van der Waals surface area contributed by atoms with E-state index in [4.69, 9.17) is 0 Å². The van der Waals surface area contributed by atoms with E-state index in [0.717, 1.165) is 17.9 Å². The standard InChI is InChI=1S/C13H15N3OS/c17-13(11-4-1-5-12(18)10-11)14-6-2-8-16-9-3-7-15-16/h1,3-5,7,9-10,18H,2,6,8H2,(H,14,17). The summed E-state index contributed by atoms with van der Waals surface area (Å²) in [4.78, 5) is 12.6. The van der Waals surface area contributed by atoms with Crippen LogP contribution >= 0.6 is 12.6 Å². The molecule has 1 aromatic carbocycles. The second-order valence-corrected chi connectivity index (χ2v) is 4.45. The van der Waals surface area contributed by atoms with Crippen molar-refractivity contribution in [3.05, 3.63) is 48.3 Å². The van der Waals surface area contributed by atoms with Gasteiger partial charge in [-0.25, -0.2) is 0 Å². The van der Waals surface area contributed by atoms with Crippen molar-refractivity contribution < 1.29 is 4.79 Å². The van der Waals surface area contributed by atoms with Crippen LogP contribution in [0.1, 0.15) is 16.8 Å². The Bertz CT molecular complexity index is 511. The number of carbonyl (C=O) groups is 1. The van der Waals surface area contributed by atoms with Crippen LogP contribution in [0.25, 0.3) is 0 Å². The molecule has 1 amide bonds. The third kappa shape index (κ3) is 3.63. The van der Waals surface area contributed by atoms with Gasteiger partial charge >= 0.3 is 0 Å². The topological polar surface area (TPSA) is 46.9 Å². The van der Waals surface area contributed by atoms with Crippen molar-refractivity contribution in [2.45, 2.75) is 17.9 Å². The Morgan fingerprint density at radius 1 is 1.39 bits per heavy atom. The Hall–Kier alpha value is -1.75. The predicted octanol–water partition coefficient (Wildman–Crippen LogP) is 1.99. The number of rotatable bonds is 5. The first-order chi connectivity index (χ1) is 8.75. The zero-order valence-corrected chi connectivity index (χ0v) is 10.8. The lowest BCUT2D eigenvalue weighted by molar-refractivity contribution is 0.0952. The molecule has 5 heteroatoms. The molecule has 1 aromatic heterocycles. The first-order valence-corrected chi connectivity index (χ1v) is 6.25. The zero-order valence-electron chi connectivity index (χ0n) is 9.91. The fraction of sp³-hybridized carbons (Fsp3) is 0.231. The van der Waals surface area contributed by atoms with Gasteiger partial charge in [-0.2, -0.15) is 5.10 Å². The quantitative estimate of drug-likeness (QED) is 0.639. The van der Waals surface area contributed by atoms with Gasteiger partial charge in [0.05, 0.1) is 0 Å². The summed E-state index contributed by atoms with van der Waals surface area (Å²) in [7, 11) is 0. The fourth-order valence-corrected chi connectivity index (χ4v) is 1.85. The molecule has 0 aliphatic heterocycles. The second kappa shape index (κ2) is 6.26. The molecule has 0 saturated carbocycles. The lowest BCUT2D eigenvalue weighted by atomic mass is 10.2. The number of nitrogens with zero attached hydrogens (tertiary/aromatic N) is 2. The minimum atomic E-state index is -0.0636. The summed E-state index contributed by atoms with van der Waals surface area (Å²) < 4.78 is 1.85. The van der Waals surface area contributed by atoms with Crippen molar-refractivity contribution in [1.29, 1.82) is 0 Å². The van der Waals surface area contributed by atoms with E-state index in [1.165, 1.54) is 0 Å². The second-order valence-electron chi connectivity index (χ2n) is 3.93. The average molecular weight is 261 g/mol. The van der Waals surface area contributed by atoms with Crippen LogP contribution in [0.5, 0.6) is 0 Å². The molecule has 18 heavy (non-hydrogen) atoms. The highest BCUT2D eigenvalue weighted by Crippen LogP contribution is 2.08. The highest BCUT2D eigenvalue weighted by Gasteiger charge is 2.04. The van der Waals surface area contributed by atoms with Crippen molar-refractivity contribution in [3.63, 3.8) is 0 Å². The fourth-order valence-electron chi connectivity index (χ4n) is 1.62. The van der Waals surface area contributed by atoms with Crippen LogP contribution in [0.3, 0.4) is 0 Å². The largest absolute Gasteiger partial charge is 0.352 e. The Morgan fingerprint density at radius 3 is 3.00 bits per heavy atom. The normalized spacial score (nSPS) is 10.3. The number of benzene rings is 1. The molecule has 94 valence electrons. The van der Waals surface area contributed by atoms with Gasteiger partial charge < -0.3 is 5.32 Å². The third-order valence-electron chi connectivity index (χ3n) is 2.52. The third-order valence-corrected chi connectivity index (χ3v) is 2.80. The molecule has 2 rings (SSSR count). The van der Waals surface area contributed by atoms with Crippen LogP contribution in [0.2, 0.25) is 0 Å². The molecule has 0 atom stereocenters. The van der Waals surface area contributed by atoms with Gasteiger partial charge in [0.1, 0.15) is 0 Å². The van der Waals surface area contributed by atoms with E-state index >= 15 is 0 Å². The maximum atomic E-state index is 11.8. The molecule has 0 bridgehead atoms. The predicted molar refractivity (Wildman–Crippen MR) is 72.9 cm³/mol. The van der Waals surface area contributed by atoms with Crippen LogP contribution in [-0.2, 0) is 6.54 Å². The molecule has 0 spiro atoms. The highest BCUT2D eigenvalue weighted by atomic mass is 32.1. The molecule has 1 heterocycles. The molecule has 0 aliphatic rings. The minimum absolute atomic E-state index is 0.0636. The van der Waals surface area contributed by atoms with E-state index in [1.807, 2.05) is 29.1 Å². The van der Waals surface area contributed by atoms with Crippen molar-refractivity contribution >= 4 is 18.5 Å². The summed E-state index contributed by atoms with van der Waals surface area (Å²) in [6.07, 6.45) is 4.51. The van der Waals surface area contributed by atoms with Gasteiger partial charge in [-0.15, -0.1) is 12.6 Å². The number of carbonyl (C=O) groups excluding carboxylic acids is 1. The number of aryl methyl sites for hydroxylation is 1. The van der Waals surface area contributed by atoms with Gasteiger partial charge in [0, 0.05) is 35.9 Å². The maximum absolute atomic E-state index is 11.8. The van der Waals surface area contributed by atoms with Crippen LogP contribution in [0, 0.1) is 0 Å². The van der Waals surface area contributed by atoms with Crippen LogP contribution in [0.4, 0.5) is 0 Å². The summed E-state index contributed by atoms with van der Waals surface area (Å²) in [5, 5.41) is 6.97. The molecule has 0 saturated heterocycles. The molecule has 0 aliphatic carbocycles. The molecule has 2 aromatic rings. The van der Waals surface area contributed by atoms with Crippen molar-refractivity contribution in [1.82, 2.24) is 15.1 Å². The number of hydrogen-bond donors (Lipinski definition) is 2. The molecule has 4 nitrogen and oxygen atoms in total. The first-order valence-electron chi connectivity index (χ1n) is 5.80. The molecule has 0 fully saturated rings. The summed E-state index contributed by atoms with van der Waals surface area (Å²) in [6, 6.07) is 9.09. The lowest BCUT2D eigenvalue weighted by Crippen LogP contribution is -2.25. The average Bonchev–Trinajstić information content (AvgIpc) is 2.87. The minimum Gasteiger partial charge on any atom is -0.352 e. The number of nitrogens with one attached hydrogen (secondary N) is 1. The van der Waals surface area contributed by atoms with Gasteiger partial charge in [-0.3, -0.25) is 9.48 Å². The molecule has 0 unspecified atom stereocenters. The molecule has 1 N–H and O–H groups in total. The molecular weight excluding hydrogens is 246 g/mol. The molecular formula is C13H15N3OS. The van der Waals surface area contributed by atoms with E-state index in [9.17, 15) is 4.79 Å². The number of amides is 1. The first kappa shape index (κ1) is 12.7. The summed E-state index contributed by atoms with van der Waals surface area (Å²) in [6.45, 7) is 1.44. The Morgan fingerprint density at radius 2 is 2.28 bits per heavy atom. The Labute approximate surface area is 111 Å². The van der Waals surface area contributed by atoms with E-state index in [1.54, 1.807) is 18.3 Å². The van der Waals surface area contributed by atoms with Gasteiger partial charge in [0.25, 0.3) is 5.91 Å². The van der Waals surface area contributed by atoms with Gasteiger partial charge in [0.15, 0.2) is 0 Å². The van der Waals surface area contributed by atoms with E-state index in [2.05, 4.69) is 23.0 Å².